The molecule has 2 fully saturated rings. The highest BCUT2D eigenvalue weighted by atomic mass is 16.5. The SMILES string of the molecule is Cc1ccc(OCC(=O)NNC(=O)C(C)N2C(=O)NC3(CCCC3)C2=O)cc1C. The maximum atomic E-state index is 12.7. The molecule has 9 nitrogen and oxygen atoms in total. The largest absolute Gasteiger partial charge is 0.484 e. The van der Waals surface area contributed by atoms with Crippen molar-refractivity contribution in [2.45, 2.75) is 58.0 Å². The van der Waals surface area contributed by atoms with E-state index in [0.717, 1.165) is 28.9 Å². The van der Waals surface area contributed by atoms with Crippen molar-refractivity contribution in [2.24, 2.45) is 0 Å². The number of carbonyl (C=O) groups excluding carboxylic acids is 4. The summed E-state index contributed by atoms with van der Waals surface area (Å²) in [6, 6.07) is 3.83. The number of hydrogen-bond donors (Lipinski definition) is 3. The highest BCUT2D eigenvalue weighted by Crippen LogP contribution is 2.35. The second-order valence-electron chi connectivity index (χ2n) is 7.64. The number of urea groups is 1. The fourth-order valence-electron chi connectivity index (χ4n) is 3.65. The monoisotopic (exact) mass is 402 g/mol. The van der Waals surface area contributed by atoms with Gasteiger partial charge in [0, 0.05) is 0 Å². The van der Waals surface area contributed by atoms with Crippen LogP contribution in [-0.4, -0.2) is 46.8 Å². The van der Waals surface area contributed by atoms with E-state index in [1.165, 1.54) is 6.92 Å². The Balaban J connectivity index is 1.49. The normalized spacial score (nSPS) is 18.5. The molecule has 2 aliphatic rings. The maximum absolute atomic E-state index is 12.7. The van der Waals surface area contributed by atoms with Gasteiger partial charge in [-0.05, 0) is 56.9 Å². The molecule has 1 aliphatic carbocycles. The zero-order chi connectivity index (χ0) is 21.2. The minimum Gasteiger partial charge on any atom is -0.484 e. The van der Waals surface area contributed by atoms with Gasteiger partial charge in [-0.1, -0.05) is 18.9 Å². The number of benzene rings is 1. The number of hydrazine groups is 1. The molecule has 3 rings (SSSR count). The summed E-state index contributed by atoms with van der Waals surface area (Å²) in [6.07, 6.45) is 2.87. The summed E-state index contributed by atoms with van der Waals surface area (Å²) in [5.41, 5.74) is 5.76. The molecule has 1 aliphatic heterocycles. The number of aryl methyl sites for hydroxylation is 2. The maximum Gasteiger partial charge on any atom is 0.325 e. The number of rotatable bonds is 5. The molecule has 1 spiro atoms. The van der Waals surface area contributed by atoms with Crippen molar-refractivity contribution in [1.82, 2.24) is 21.1 Å². The first kappa shape index (κ1) is 20.6. The minimum atomic E-state index is -1.05. The predicted molar refractivity (Wildman–Crippen MR) is 104 cm³/mol. The molecular weight excluding hydrogens is 376 g/mol. The van der Waals surface area contributed by atoms with Crippen molar-refractivity contribution in [2.75, 3.05) is 6.61 Å². The molecule has 1 saturated carbocycles. The van der Waals surface area contributed by atoms with Crippen LogP contribution in [0, 0.1) is 13.8 Å². The zero-order valence-corrected chi connectivity index (χ0v) is 16.8. The predicted octanol–water partition coefficient (Wildman–Crippen LogP) is 1.08. The number of nitrogens with one attached hydrogen (secondary N) is 3. The molecule has 1 unspecified atom stereocenters. The zero-order valence-electron chi connectivity index (χ0n) is 16.8. The van der Waals surface area contributed by atoms with Gasteiger partial charge in [0.05, 0.1) is 0 Å². The van der Waals surface area contributed by atoms with E-state index in [9.17, 15) is 19.2 Å². The quantitative estimate of drug-likeness (QED) is 0.503. The number of amides is 5. The lowest BCUT2D eigenvalue weighted by Gasteiger charge is -2.23. The van der Waals surface area contributed by atoms with Gasteiger partial charge in [-0.2, -0.15) is 0 Å². The van der Waals surface area contributed by atoms with Gasteiger partial charge in [0.25, 0.3) is 17.7 Å². The molecule has 1 aromatic carbocycles. The van der Waals surface area contributed by atoms with Gasteiger partial charge in [-0.25, -0.2) is 9.69 Å². The molecule has 1 saturated heterocycles. The summed E-state index contributed by atoms with van der Waals surface area (Å²) >= 11 is 0. The van der Waals surface area contributed by atoms with E-state index in [2.05, 4.69) is 16.2 Å². The first-order valence-electron chi connectivity index (χ1n) is 9.68. The van der Waals surface area contributed by atoms with Crippen LogP contribution in [0.4, 0.5) is 4.79 Å². The lowest BCUT2D eigenvalue weighted by molar-refractivity contribution is -0.139. The summed E-state index contributed by atoms with van der Waals surface area (Å²) in [4.78, 5) is 50.1. The van der Waals surface area contributed by atoms with Crippen molar-refractivity contribution >= 4 is 23.8 Å². The lowest BCUT2D eigenvalue weighted by Crippen LogP contribution is -2.54. The van der Waals surface area contributed by atoms with Gasteiger partial charge < -0.3 is 10.1 Å². The summed E-state index contributed by atoms with van der Waals surface area (Å²) in [5, 5.41) is 2.73. The molecule has 156 valence electrons. The Morgan fingerprint density at radius 1 is 1.17 bits per heavy atom. The van der Waals surface area contributed by atoms with E-state index >= 15 is 0 Å². The van der Waals surface area contributed by atoms with Crippen LogP contribution in [0.5, 0.6) is 5.75 Å². The highest BCUT2D eigenvalue weighted by Gasteiger charge is 2.54. The molecular formula is C20H26N4O5. The number of hydrogen-bond acceptors (Lipinski definition) is 5. The minimum absolute atomic E-state index is 0.288. The van der Waals surface area contributed by atoms with Gasteiger partial charge in [0.15, 0.2) is 6.61 Å². The summed E-state index contributed by atoms with van der Waals surface area (Å²) < 4.78 is 5.40. The van der Waals surface area contributed by atoms with Crippen molar-refractivity contribution in [3.8, 4) is 5.75 Å². The molecule has 1 aromatic rings. The third kappa shape index (κ3) is 4.18. The van der Waals surface area contributed by atoms with Crippen LogP contribution in [-0.2, 0) is 14.4 Å². The van der Waals surface area contributed by atoms with Gasteiger partial charge in [0.2, 0.25) is 0 Å². The van der Waals surface area contributed by atoms with Crippen LogP contribution >= 0.6 is 0 Å². The Hall–Kier alpha value is -3.10. The van der Waals surface area contributed by atoms with E-state index in [-0.39, 0.29) is 12.5 Å². The Kier molecular flexibility index (Phi) is 5.76. The molecule has 1 atom stereocenters. The molecule has 3 N–H and O–H groups in total. The van der Waals surface area contributed by atoms with E-state index in [1.807, 2.05) is 26.0 Å². The summed E-state index contributed by atoms with van der Waals surface area (Å²) in [6.45, 7) is 5.07. The molecule has 0 aromatic heterocycles. The topological polar surface area (TPSA) is 117 Å². The summed E-state index contributed by atoms with van der Waals surface area (Å²) in [7, 11) is 0. The Bertz CT molecular complexity index is 847. The highest BCUT2D eigenvalue weighted by molar-refractivity contribution is 6.10. The van der Waals surface area contributed by atoms with E-state index in [4.69, 9.17) is 4.74 Å². The second kappa shape index (κ2) is 8.10. The number of nitrogens with zero attached hydrogens (tertiary/aromatic N) is 1. The second-order valence-corrected chi connectivity index (χ2v) is 7.64. The van der Waals surface area contributed by atoms with Crippen molar-refractivity contribution in [3.05, 3.63) is 29.3 Å². The van der Waals surface area contributed by atoms with E-state index in [1.54, 1.807) is 6.07 Å². The Morgan fingerprint density at radius 2 is 1.86 bits per heavy atom. The Labute approximate surface area is 169 Å². The van der Waals surface area contributed by atoms with Crippen LogP contribution in [0.1, 0.15) is 43.7 Å². The van der Waals surface area contributed by atoms with Crippen molar-refractivity contribution in [1.29, 1.82) is 0 Å². The lowest BCUT2D eigenvalue weighted by atomic mass is 9.97. The first-order chi connectivity index (χ1) is 13.7. The third-order valence-electron chi connectivity index (χ3n) is 5.59. The van der Waals surface area contributed by atoms with Crippen LogP contribution in [0.3, 0.4) is 0 Å². The number of carbonyl (C=O) groups is 4. The van der Waals surface area contributed by atoms with E-state index < -0.39 is 29.4 Å². The van der Waals surface area contributed by atoms with E-state index in [0.29, 0.717) is 18.6 Å². The molecule has 9 heteroatoms. The average molecular weight is 402 g/mol. The van der Waals surface area contributed by atoms with Crippen molar-refractivity contribution in [3.63, 3.8) is 0 Å². The van der Waals surface area contributed by atoms with Gasteiger partial charge in [-0.15, -0.1) is 0 Å². The molecule has 5 amide bonds. The van der Waals surface area contributed by atoms with Crippen molar-refractivity contribution < 1.29 is 23.9 Å². The molecule has 0 bridgehead atoms. The average Bonchev–Trinajstić information content (AvgIpc) is 3.25. The van der Waals surface area contributed by atoms with Crippen LogP contribution in [0.15, 0.2) is 18.2 Å². The Morgan fingerprint density at radius 3 is 2.52 bits per heavy atom. The van der Waals surface area contributed by atoms with Crippen LogP contribution in [0.2, 0.25) is 0 Å². The fourth-order valence-corrected chi connectivity index (χ4v) is 3.65. The van der Waals surface area contributed by atoms with Gasteiger partial charge in [-0.3, -0.25) is 25.2 Å². The smallest absolute Gasteiger partial charge is 0.325 e. The molecule has 0 radical (unpaired) electrons. The fraction of sp³-hybridized carbons (Fsp3) is 0.500. The standard InChI is InChI=1S/C20H26N4O5/c1-12-6-7-15(10-13(12)2)29-11-16(25)22-23-17(26)14(3)24-18(27)20(21-19(24)28)8-4-5-9-20/h6-7,10,14H,4-5,8-9,11H2,1-3H3,(H,21,28)(H,22,25)(H,23,26). The van der Waals surface area contributed by atoms with Crippen LogP contribution in [0.25, 0.3) is 0 Å². The third-order valence-corrected chi connectivity index (χ3v) is 5.59. The molecule has 29 heavy (non-hydrogen) atoms. The first-order valence-corrected chi connectivity index (χ1v) is 9.68. The van der Waals surface area contributed by atoms with Gasteiger partial charge >= 0.3 is 6.03 Å². The number of ether oxygens (including phenoxy) is 1. The van der Waals surface area contributed by atoms with Crippen LogP contribution < -0.4 is 20.9 Å². The molecule has 1 heterocycles. The number of imide groups is 1. The summed E-state index contributed by atoms with van der Waals surface area (Å²) in [5.74, 6) is -1.06. The van der Waals surface area contributed by atoms with Gasteiger partial charge in [0.1, 0.15) is 17.3 Å².